The van der Waals surface area contributed by atoms with Gasteiger partial charge in [0.25, 0.3) is 0 Å². The van der Waals surface area contributed by atoms with Crippen molar-refractivity contribution in [2.75, 3.05) is 0 Å². The van der Waals surface area contributed by atoms with Gasteiger partial charge in [0.15, 0.2) is 0 Å². The van der Waals surface area contributed by atoms with E-state index in [1.54, 1.807) is 6.20 Å². The Morgan fingerprint density at radius 2 is 2.25 bits per heavy atom. The van der Waals surface area contributed by atoms with Gasteiger partial charge in [-0.2, -0.15) is 0 Å². The standard InChI is InChI=1S/C14H13NO/c1-2-3-6-14(16)12-7-8-13-11(10-12)5-4-9-15-13/h1,4-5,7-10,14,16H,3,6H2. The van der Waals surface area contributed by atoms with E-state index in [1.165, 1.54) is 0 Å². The zero-order valence-electron chi connectivity index (χ0n) is 8.93. The highest BCUT2D eigenvalue weighted by molar-refractivity contribution is 5.78. The molecule has 0 aliphatic heterocycles. The van der Waals surface area contributed by atoms with Crippen LogP contribution in [0.25, 0.3) is 10.9 Å². The lowest BCUT2D eigenvalue weighted by Gasteiger charge is -2.09. The molecule has 0 aliphatic rings. The molecule has 0 radical (unpaired) electrons. The molecule has 2 rings (SSSR count). The van der Waals surface area contributed by atoms with Gasteiger partial charge in [-0.15, -0.1) is 12.3 Å². The number of fused-ring (bicyclic) bond motifs is 1. The topological polar surface area (TPSA) is 33.1 Å². The van der Waals surface area contributed by atoms with Crippen molar-refractivity contribution >= 4 is 10.9 Å². The third-order valence-electron chi connectivity index (χ3n) is 2.57. The molecule has 0 spiro atoms. The number of hydrogen-bond donors (Lipinski definition) is 1. The normalized spacial score (nSPS) is 12.2. The Morgan fingerprint density at radius 3 is 3.06 bits per heavy atom. The Kier molecular flexibility index (Phi) is 3.19. The number of aliphatic hydroxyl groups excluding tert-OH is 1. The molecular weight excluding hydrogens is 198 g/mol. The number of pyridine rings is 1. The minimum atomic E-state index is -0.486. The Balaban J connectivity index is 2.29. The SMILES string of the molecule is C#CCCC(O)c1ccc2ncccc2c1. The average molecular weight is 211 g/mol. The molecule has 1 aromatic carbocycles. The van der Waals surface area contributed by atoms with Crippen LogP contribution in [0.1, 0.15) is 24.5 Å². The average Bonchev–Trinajstić information content (AvgIpc) is 2.35. The van der Waals surface area contributed by atoms with Gasteiger partial charge in [0, 0.05) is 18.0 Å². The molecule has 1 unspecified atom stereocenters. The van der Waals surface area contributed by atoms with Crippen LogP contribution in [0.5, 0.6) is 0 Å². The summed E-state index contributed by atoms with van der Waals surface area (Å²) in [5, 5.41) is 10.9. The fourth-order valence-electron chi connectivity index (χ4n) is 1.69. The molecule has 0 fully saturated rings. The van der Waals surface area contributed by atoms with E-state index < -0.39 is 6.10 Å². The van der Waals surface area contributed by atoms with Crippen LogP contribution >= 0.6 is 0 Å². The van der Waals surface area contributed by atoms with E-state index in [0.29, 0.717) is 12.8 Å². The fourth-order valence-corrected chi connectivity index (χ4v) is 1.69. The van der Waals surface area contributed by atoms with Crippen LogP contribution in [0.2, 0.25) is 0 Å². The lowest BCUT2D eigenvalue weighted by molar-refractivity contribution is 0.169. The Bertz CT molecular complexity index is 527. The Morgan fingerprint density at radius 1 is 1.38 bits per heavy atom. The predicted octanol–water partition coefficient (Wildman–Crippen LogP) is 2.68. The van der Waals surface area contributed by atoms with Gasteiger partial charge >= 0.3 is 0 Å². The molecule has 80 valence electrons. The molecule has 0 amide bonds. The number of rotatable bonds is 3. The minimum absolute atomic E-state index is 0.486. The van der Waals surface area contributed by atoms with Crippen molar-refractivity contribution in [2.45, 2.75) is 18.9 Å². The lowest BCUT2D eigenvalue weighted by atomic mass is 10.0. The number of terminal acetylenes is 1. The van der Waals surface area contributed by atoms with Gasteiger partial charge < -0.3 is 5.11 Å². The van der Waals surface area contributed by atoms with Crippen LogP contribution in [0.4, 0.5) is 0 Å². The first kappa shape index (κ1) is 10.7. The van der Waals surface area contributed by atoms with Crippen LogP contribution < -0.4 is 0 Å². The van der Waals surface area contributed by atoms with Crippen molar-refractivity contribution in [1.29, 1.82) is 0 Å². The number of aliphatic hydroxyl groups is 1. The fraction of sp³-hybridized carbons (Fsp3) is 0.214. The zero-order chi connectivity index (χ0) is 11.4. The van der Waals surface area contributed by atoms with Crippen LogP contribution in [0.15, 0.2) is 36.5 Å². The predicted molar refractivity (Wildman–Crippen MR) is 64.8 cm³/mol. The number of nitrogens with zero attached hydrogens (tertiary/aromatic N) is 1. The lowest BCUT2D eigenvalue weighted by Crippen LogP contribution is -1.96. The van der Waals surface area contributed by atoms with Gasteiger partial charge in [0.2, 0.25) is 0 Å². The summed E-state index contributed by atoms with van der Waals surface area (Å²) in [7, 11) is 0. The van der Waals surface area contributed by atoms with E-state index in [2.05, 4.69) is 10.9 Å². The summed E-state index contributed by atoms with van der Waals surface area (Å²) in [6, 6.07) is 9.66. The summed E-state index contributed by atoms with van der Waals surface area (Å²) in [6.45, 7) is 0. The molecule has 2 aromatic rings. The third kappa shape index (κ3) is 2.21. The summed E-state index contributed by atoms with van der Waals surface area (Å²) >= 11 is 0. The van der Waals surface area contributed by atoms with Crippen LogP contribution in [0, 0.1) is 12.3 Å². The first-order valence-corrected chi connectivity index (χ1v) is 5.27. The second kappa shape index (κ2) is 4.78. The maximum absolute atomic E-state index is 9.90. The van der Waals surface area contributed by atoms with E-state index in [4.69, 9.17) is 6.42 Å². The van der Waals surface area contributed by atoms with E-state index in [9.17, 15) is 5.11 Å². The summed E-state index contributed by atoms with van der Waals surface area (Å²) in [6.07, 6.45) is 7.64. The summed E-state index contributed by atoms with van der Waals surface area (Å²) in [5.74, 6) is 2.53. The minimum Gasteiger partial charge on any atom is -0.388 e. The van der Waals surface area contributed by atoms with Crippen molar-refractivity contribution in [3.05, 3.63) is 42.1 Å². The van der Waals surface area contributed by atoms with Crippen LogP contribution in [-0.4, -0.2) is 10.1 Å². The van der Waals surface area contributed by atoms with Gasteiger partial charge in [-0.05, 0) is 30.2 Å². The Hall–Kier alpha value is -1.85. The molecule has 0 saturated heterocycles. The largest absolute Gasteiger partial charge is 0.388 e. The molecule has 16 heavy (non-hydrogen) atoms. The first-order chi connectivity index (χ1) is 7.81. The highest BCUT2D eigenvalue weighted by atomic mass is 16.3. The third-order valence-corrected chi connectivity index (χ3v) is 2.57. The van der Waals surface area contributed by atoms with E-state index in [1.807, 2.05) is 30.3 Å². The highest BCUT2D eigenvalue weighted by Crippen LogP contribution is 2.21. The van der Waals surface area contributed by atoms with Gasteiger partial charge in [-0.1, -0.05) is 12.1 Å². The molecule has 1 atom stereocenters. The highest BCUT2D eigenvalue weighted by Gasteiger charge is 2.07. The summed E-state index contributed by atoms with van der Waals surface area (Å²) in [5.41, 5.74) is 1.84. The maximum atomic E-state index is 9.90. The molecule has 1 aromatic heterocycles. The quantitative estimate of drug-likeness (QED) is 0.792. The van der Waals surface area contributed by atoms with Crippen molar-refractivity contribution in [3.8, 4) is 12.3 Å². The molecule has 0 saturated carbocycles. The zero-order valence-corrected chi connectivity index (χ0v) is 8.93. The van der Waals surface area contributed by atoms with Crippen LogP contribution in [0.3, 0.4) is 0 Å². The maximum Gasteiger partial charge on any atom is 0.0799 e. The number of aromatic nitrogens is 1. The molecule has 0 aliphatic carbocycles. The first-order valence-electron chi connectivity index (χ1n) is 5.27. The van der Waals surface area contributed by atoms with Crippen molar-refractivity contribution in [1.82, 2.24) is 4.98 Å². The van der Waals surface area contributed by atoms with Crippen molar-refractivity contribution < 1.29 is 5.11 Å². The van der Waals surface area contributed by atoms with E-state index in [0.717, 1.165) is 16.5 Å². The second-order valence-corrected chi connectivity index (χ2v) is 3.71. The smallest absolute Gasteiger partial charge is 0.0799 e. The van der Waals surface area contributed by atoms with E-state index >= 15 is 0 Å². The molecule has 2 nitrogen and oxygen atoms in total. The van der Waals surface area contributed by atoms with E-state index in [-0.39, 0.29) is 0 Å². The summed E-state index contributed by atoms with van der Waals surface area (Å²) < 4.78 is 0. The molecule has 1 N–H and O–H groups in total. The van der Waals surface area contributed by atoms with Gasteiger partial charge in [-0.25, -0.2) is 0 Å². The van der Waals surface area contributed by atoms with Crippen molar-refractivity contribution in [2.24, 2.45) is 0 Å². The number of hydrogen-bond acceptors (Lipinski definition) is 2. The van der Waals surface area contributed by atoms with Gasteiger partial charge in [0.05, 0.1) is 11.6 Å². The molecular formula is C14H13NO. The molecule has 1 heterocycles. The van der Waals surface area contributed by atoms with Crippen LogP contribution in [-0.2, 0) is 0 Å². The Labute approximate surface area is 95.0 Å². The van der Waals surface area contributed by atoms with Gasteiger partial charge in [0.1, 0.15) is 0 Å². The van der Waals surface area contributed by atoms with Crippen molar-refractivity contribution in [3.63, 3.8) is 0 Å². The van der Waals surface area contributed by atoms with Gasteiger partial charge in [-0.3, -0.25) is 4.98 Å². The monoisotopic (exact) mass is 211 g/mol. The number of benzene rings is 1. The summed E-state index contributed by atoms with van der Waals surface area (Å²) in [4.78, 5) is 4.23. The second-order valence-electron chi connectivity index (χ2n) is 3.71. The molecule has 2 heteroatoms. The molecule has 0 bridgehead atoms.